The van der Waals surface area contributed by atoms with Crippen LogP contribution in [0.3, 0.4) is 0 Å². The van der Waals surface area contributed by atoms with Gasteiger partial charge in [0, 0.05) is 0 Å². The molecule has 1 heterocycles. The Morgan fingerprint density at radius 3 is 2.36 bits per heavy atom. The van der Waals surface area contributed by atoms with E-state index in [9.17, 15) is 22.4 Å². The largest absolute Gasteiger partial charge is 0.408 e. The molecule has 10 heteroatoms. The molecule has 1 unspecified atom stereocenters. The summed E-state index contributed by atoms with van der Waals surface area (Å²) in [7, 11) is 3.29. The van der Waals surface area contributed by atoms with Gasteiger partial charge in [-0.3, -0.25) is 9.69 Å². The lowest BCUT2D eigenvalue weighted by atomic mass is 10.1. The van der Waals surface area contributed by atoms with Gasteiger partial charge in [0.2, 0.25) is 5.91 Å². The second-order valence-electron chi connectivity index (χ2n) is 5.72. The maximum Gasteiger partial charge on any atom is 0.408 e. The molecule has 0 radical (unpaired) electrons. The number of alkyl halides is 3. The van der Waals surface area contributed by atoms with Crippen molar-refractivity contribution in [2.45, 2.75) is 25.2 Å². The highest BCUT2D eigenvalue weighted by atomic mass is 19.4. The van der Waals surface area contributed by atoms with Gasteiger partial charge in [0.25, 0.3) is 0 Å². The molecular weight excluding hydrogens is 342 g/mol. The van der Waals surface area contributed by atoms with Gasteiger partial charge in [-0.2, -0.15) is 18.3 Å². The summed E-state index contributed by atoms with van der Waals surface area (Å²) in [5.74, 6) is -1.32. The number of rotatable bonds is 6. The highest BCUT2D eigenvalue weighted by Gasteiger charge is 2.33. The zero-order chi connectivity index (χ0) is 18.8. The fourth-order valence-electron chi connectivity index (χ4n) is 2.45. The van der Waals surface area contributed by atoms with Crippen molar-refractivity contribution in [3.05, 3.63) is 47.3 Å². The van der Waals surface area contributed by atoms with E-state index in [2.05, 4.69) is 10.1 Å². The van der Waals surface area contributed by atoms with Crippen molar-refractivity contribution in [2.24, 2.45) is 5.73 Å². The van der Waals surface area contributed by atoms with Crippen molar-refractivity contribution in [3.63, 3.8) is 0 Å². The summed E-state index contributed by atoms with van der Waals surface area (Å²) < 4.78 is 52.5. The number of aromatic nitrogens is 3. The maximum absolute atomic E-state index is 13.2. The predicted molar refractivity (Wildman–Crippen MR) is 80.9 cm³/mol. The quantitative estimate of drug-likeness (QED) is 0.796. The summed E-state index contributed by atoms with van der Waals surface area (Å²) in [5, 5.41) is 3.77. The highest BCUT2D eigenvalue weighted by Crippen LogP contribution is 2.28. The van der Waals surface area contributed by atoms with E-state index in [1.165, 1.54) is 24.3 Å². The van der Waals surface area contributed by atoms with E-state index in [1.54, 1.807) is 19.0 Å². The molecule has 0 aliphatic heterocycles. The molecule has 2 N–H and O–H groups in total. The first-order chi connectivity index (χ1) is 11.6. The van der Waals surface area contributed by atoms with E-state index in [0.29, 0.717) is 10.2 Å². The van der Waals surface area contributed by atoms with Crippen LogP contribution in [0.2, 0.25) is 0 Å². The van der Waals surface area contributed by atoms with E-state index in [0.717, 1.165) is 0 Å². The lowest BCUT2D eigenvalue weighted by molar-refractivity contribution is -0.143. The molecule has 1 aromatic carbocycles. The number of carbonyl (C=O) groups is 1. The standard InChI is InChI=1S/C15H17F4N5O/c1-23(2)13(9-3-5-10(16)6-4-9)14-21-12(7-11(20)25)22-24(14)8-15(17,18)19/h3-6,13H,7-8H2,1-2H3,(H2,20,25). The Bertz CT molecular complexity index is 739. The third-order valence-corrected chi connectivity index (χ3v) is 3.35. The van der Waals surface area contributed by atoms with Crippen molar-refractivity contribution in [1.29, 1.82) is 0 Å². The van der Waals surface area contributed by atoms with Crippen LogP contribution in [0.5, 0.6) is 0 Å². The van der Waals surface area contributed by atoms with Crippen LogP contribution < -0.4 is 5.73 Å². The van der Waals surface area contributed by atoms with Crippen molar-refractivity contribution in [2.75, 3.05) is 14.1 Å². The molecule has 0 fully saturated rings. The first kappa shape index (κ1) is 18.8. The van der Waals surface area contributed by atoms with Gasteiger partial charge in [-0.25, -0.2) is 14.1 Å². The summed E-state index contributed by atoms with van der Waals surface area (Å²) in [6.07, 6.45) is -4.90. The van der Waals surface area contributed by atoms with Crippen molar-refractivity contribution in [3.8, 4) is 0 Å². The summed E-state index contributed by atoms with van der Waals surface area (Å²) >= 11 is 0. The van der Waals surface area contributed by atoms with E-state index < -0.39 is 30.5 Å². The molecule has 2 aromatic rings. The number of amides is 1. The minimum atomic E-state index is -4.52. The molecule has 136 valence electrons. The normalized spacial score (nSPS) is 13.2. The highest BCUT2D eigenvalue weighted by molar-refractivity contribution is 5.75. The van der Waals surface area contributed by atoms with Crippen LogP contribution in [0.1, 0.15) is 23.3 Å². The number of nitrogens with two attached hydrogens (primary N) is 1. The first-order valence-corrected chi connectivity index (χ1v) is 7.27. The Hall–Kier alpha value is -2.49. The van der Waals surface area contributed by atoms with E-state index in [1.807, 2.05) is 0 Å². The Morgan fingerprint density at radius 1 is 1.28 bits per heavy atom. The Morgan fingerprint density at radius 2 is 1.88 bits per heavy atom. The van der Waals surface area contributed by atoms with Gasteiger partial charge >= 0.3 is 6.18 Å². The minimum Gasteiger partial charge on any atom is -0.369 e. The monoisotopic (exact) mass is 359 g/mol. The second-order valence-corrected chi connectivity index (χ2v) is 5.72. The van der Waals surface area contributed by atoms with Gasteiger partial charge in [0.15, 0.2) is 5.82 Å². The molecule has 2 rings (SSSR count). The smallest absolute Gasteiger partial charge is 0.369 e. The number of benzene rings is 1. The maximum atomic E-state index is 13.2. The summed E-state index contributed by atoms with van der Waals surface area (Å²) in [5.41, 5.74) is 5.61. The third kappa shape index (κ3) is 4.99. The fourth-order valence-corrected chi connectivity index (χ4v) is 2.45. The molecule has 0 saturated carbocycles. The molecular formula is C15H17F4N5O. The van der Waals surface area contributed by atoms with Crippen LogP contribution in [0.4, 0.5) is 17.6 Å². The van der Waals surface area contributed by atoms with Crippen LogP contribution in [-0.4, -0.2) is 45.8 Å². The van der Waals surface area contributed by atoms with E-state index in [-0.39, 0.29) is 18.1 Å². The third-order valence-electron chi connectivity index (χ3n) is 3.35. The lowest BCUT2D eigenvalue weighted by Gasteiger charge is -2.24. The Balaban J connectivity index is 2.52. The van der Waals surface area contributed by atoms with E-state index >= 15 is 0 Å². The number of primary amides is 1. The van der Waals surface area contributed by atoms with Crippen LogP contribution >= 0.6 is 0 Å². The van der Waals surface area contributed by atoms with Crippen LogP contribution in [-0.2, 0) is 17.8 Å². The molecule has 1 atom stereocenters. The first-order valence-electron chi connectivity index (χ1n) is 7.27. The molecule has 0 spiro atoms. The lowest BCUT2D eigenvalue weighted by Crippen LogP contribution is -2.28. The van der Waals surface area contributed by atoms with Crippen molar-refractivity contribution >= 4 is 5.91 Å². The van der Waals surface area contributed by atoms with Crippen molar-refractivity contribution < 1.29 is 22.4 Å². The zero-order valence-electron chi connectivity index (χ0n) is 13.6. The van der Waals surface area contributed by atoms with Crippen LogP contribution in [0.25, 0.3) is 0 Å². The average Bonchev–Trinajstić information content (AvgIpc) is 2.80. The average molecular weight is 359 g/mol. The van der Waals surface area contributed by atoms with Gasteiger partial charge in [0.05, 0.1) is 12.5 Å². The predicted octanol–water partition coefficient (Wildman–Crippen LogP) is 1.66. The van der Waals surface area contributed by atoms with Gasteiger partial charge in [-0.15, -0.1) is 0 Å². The molecule has 0 saturated heterocycles. The topological polar surface area (TPSA) is 77.0 Å². The zero-order valence-corrected chi connectivity index (χ0v) is 13.6. The number of hydrogen-bond acceptors (Lipinski definition) is 4. The molecule has 25 heavy (non-hydrogen) atoms. The summed E-state index contributed by atoms with van der Waals surface area (Å²) in [6.45, 7) is -1.36. The molecule has 0 aliphatic rings. The van der Waals surface area contributed by atoms with Crippen LogP contribution in [0, 0.1) is 5.82 Å². The molecule has 0 bridgehead atoms. The van der Waals surface area contributed by atoms with Gasteiger partial charge < -0.3 is 5.73 Å². The SMILES string of the molecule is CN(C)C(c1ccc(F)cc1)c1nc(CC(N)=O)nn1CC(F)(F)F. The number of nitrogens with zero attached hydrogens (tertiary/aromatic N) is 4. The number of hydrogen-bond donors (Lipinski definition) is 1. The summed E-state index contributed by atoms with van der Waals surface area (Å²) in [6, 6.07) is 4.62. The van der Waals surface area contributed by atoms with Crippen molar-refractivity contribution in [1.82, 2.24) is 19.7 Å². The number of halogens is 4. The molecule has 6 nitrogen and oxygen atoms in total. The minimum absolute atomic E-state index is 0.00909. The molecule has 1 aromatic heterocycles. The van der Waals surface area contributed by atoms with Gasteiger partial charge in [-0.05, 0) is 31.8 Å². The second kappa shape index (κ2) is 7.18. The fraction of sp³-hybridized carbons (Fsp3) is 0.400. The van der Waals surface area contributed by atoms with Gasteiger partial charge in [-0.1, -0.05) is 12.1 Å². The Labute approximate surface area is 141 Å². The Kier molecular flexibility index (Phi) is 5.41. The molecule has 0 aliphatic carbocycles. The summed E-state index contributed by atoms with van der Waals surface area (Å²) in [4.78, 5) is 16.7. The van der Waals surface area contributed by atoms with Gasteiger partial charge in [0.1, 0.15) is 18.2 Å². The number of carbonyl (C=O) groups excluding carboxylic acids is 1. The molecule has 1 amide bonds. The van der Waals surface area contributed by atoms with Crippen LogP contribution in [0.15, 0.2) is 24.3 Å². The van der Waals surface area contributed by atoms with E-state index in [4.69, 9.17) is 5.73 Å².